The van der Waals surface area contributed by atoms with E-state index in [-0.39, 0.29) is 23.6 Å². The minimum absolute atomic E-state index is 0.0239. The van der Waals surface area contributed by atoms with Crippen LogP contribution in [0.1, 0.15) is 45.6 Å². The van der Waals surface area contributed by atoms with Gasteiger partial charge in [-0.1, -0.05) is 0 Å². The zero-order valence-electron chi connectivity index (χ0n) is 15.7. The molecule has 1 aromatic carbocycles. The van der Waals surface area contributed by atoms with Crippen LogP contribution < -0.4 is 10.6 Å². The molecule has 10 heteroatoms. The number of aliphatic carboxylic acids is 1. The second kappa shape index (κ2) is 8.32. The number of anilines is 1. The Morgan fingerprint density at radius 2 is 1.96 bits per heavy atom. The first-order valence-electron chi connectivity index (χ1n) is 9.23. The van der Waals surface area contributed by atoms with Gasteiger partial charge in [0.05, 0.1) is 17.5 Å². The zero-order valence-corrected chi connectivity index (χ0v) is 15.7. The summed E-state index contributed by atoms with van der Waals surface area (Å²) in [7, 11) is 0. The summed E-state index contributed by atoms with van der Waals surface area (Å²) in [5, 5.41) is 25.8. The molecule has 1 aliphatic rings. The Morgan fingerprint density at radius 1 is 1.25 bits per heavy atom. The van der Waals surface area contributed by atoms with Crippen LogP contribution in [0.5, 0.6) is 0 Å². The average molecular weight is 390 g/mol. The number of amides is 2. The van der Waals surface area contributed by atoms with E-state index in [4.69, 9.17) is 5.11 Å². The lowest BCUT2D eigenvalue weighted by atomic mass is 9.86. The monoisotopic (exact) mass is 390 g/mol. The number of urea groups is 1. The molecule has 3 rings (SSSR count). The Kier molecular flexibility index (Phi) is 5.86. The van der Waals surface area contributed by atoms with Crippen molar-refractivity contribution in [2.45, 2.75) is 51.6 Å². The van der Waals surface area contributed by atoms with Crippen molar-refractivity contribution in [3.8, 4) is 11.4 Å². The predicted molar refractivity (Wildman–Crippen MR) is 99.1 cm³/mol. The van der Waals surface area contributed by atoms with Gasteiger partial charge in [0.15, 0.2) is 5.82 Å². The van der Waals surface area contributed by atoms with E-state index >= 15 is 0 Å². The molecule has 1 saturated carbocycles. The number of halogens is 1. The Hall–Kier alpha value is -3.04. The van der Waals surface area contributed by atoms with Crippen LogP contribution in [0, 0.1) is 11.7 Å². The van der Waals surface area contributed by atoms with Crippen LogP contribution in [-0.2, 0) is 4.79 Å². The first-order chi connectivity index (χ1) is 13.3. The standard InChI is InChI=1S/C18H23FN6O3/c1-10(2)25-16(22-23-24-25)14-8-7-13(9-15(14)19)21-18(28)20-12-5-3-11(4-6-12)17(26)27/h7-12H,3-6H2,1-2H3,(H,26,27)(H2,20,21,28). The number of rotatable bonds is 5. The van der Waals surface area contributed by atoms with Gasteiger partial charge >= 0.3 is 12.0 Å². The second-order valence-corrected chi connectivity index (χ2v) is 7.22. The van der Waals surface area contributed by atoms with Crippen molar-refractivity contribution < 1.29 is 19.1 Å². The Morgan fingerprint density at radius 3 is 2.57 bits per heavy atom. The highest BCUT2D eigenvalue weighted by atomic mass is 19.1. The zero-order chi connectivity index (χ0) is 20.3. The molecule has 1 aliphatic carbocycles. The smallest absolute Gasteiger partial charge is 0.319 e. The maximum Gasteiger partial charge on any atom is 0.319 e. The average Bonchev–Trinajstić information content (AvgIpc) is 3.12. The number of nitrogens with zero attached hydrogens (tertiary/aromatic N) is 4. The van der Waals surface area contributed by atoms with Crippen LogP contribution in [0.2, 0.25) is 0 Å². The van der Waals surface area contributed by atoms with Crippen LogP contribution in [-0.4, -0.2) is 43.4 Å². The van der Waals surface area contributed by atoms with Crippen LogP contribution in [0.4, 0.5) is 14.9 Å². The SMILES string of the molecule is CC(C)n1nnnc1-c1ccc(NC(=O)NC2CCC(C(=O)O)CC2)cc1F. The number of nitrogens with one attached hydrogen (secondary N) is 2. The van der Waals surface area contributed by atoms with Crippen molar-refractivity contribution in [2.24, 2.45) is 5.92 Å². The topological polar surface area (TPSA) is 122 Å². The molecule has 1 heterocycles. The maximum atomic E-state index is 14.5. The van der Waals surface area contributed by atoms with Gasteiger partial charge in [-0.15, -0.1) is 5.10 Å². The lowest BCUT2D eigenvalue weighted by Gasteiger charge is -2.26. The van der Waals surface area contributed by atoms with Crippen LogP contribution in [0.15, 0.2) is 18.2 Å². The fraction of sp³-hybridized carbons (Fsp3) is 0.500. The van der Waals surface area contributed by atoms with Crippen molar-refractivity contribution in [2.75, 3.05) is 5.32 Å². The van der Waals surface area contributed by atoms with Crippen molar-refractivity contribution in [1.29, 1.82) is 0 Å². The predicted octanol–water partition coefficient (Wildman–Crippen LogP) is 2.83. The number of hydrogen-bond acceptors (Lipinski definition) is 5. The maximum absolute atomic E-state index is 14.5. The summed E-state index contributed by atoms with van der Waals surface area (Å²) >= 11 is 0. The molecule has 0 atom stereocenters. The van der Waals surface area contributed by atoms with Crippen molar-refractivity contribution in [3.05, 3.63) is 24.0 Å². The molecule has 28 heavy (non-hydrogen) atoms. The quantitative estimate of drug-likeness (QED) is 0.722. The third kappa shape index (κ3) is 4.44. The van der Waals surface area contributed by atoms with E-state index in [0.717, 1.165) is 0 Å². The number of carboxylic acid groups (broad SMARTS) is 1. The van der Waals surface area contributed by atoms with Gasteiger partial charge < -0.3 is 15.7 Å². The lowest BCUT2D eigenvalue weighted by Crippen LogP contribution is -2.41. The molecule has 0 radical (unpaired) electrons. The highest BCUT2D eigenvalue weighted by Gasteiger charge is 2.26. The van der Waals surface area contributed by atoms with Gasteiger partial charge in [-0.05, 0) is 68.2 Å². The summed E-state index contributed by atoms with van der Waals surface area (Å²) in [6, 6.07) is 3.76. The third-order valence-electron chi connectivity index (χ3n) is 4.86. The van der Waals surface area contributed by atoms with E-state index in [0.29, 0.717) is 37.2 Å². The first-order valence-corrected chi connectivity index (χ1v) is 9.23. The molecule has 0 unspecified atom stereocenters. The molecular formula is C18H23FN6O3. The van der Waals surface area contributed by atoms with Gasteiger partial charge in [0, 0.05) is 11.7 Å². The fourth-order valence-electron chi connectivity index (χ4n) is 3.33. The summed E-state index contributed by atoms with van der Waals surface area (Å²) in [6.45, 7) is 3.78. The van der Waals surface area contributed by atoms with E-state index in [1.807, 2.05) is 13.8 Å². The number of hydrogen-bond donors (Lipinski definition) is 3. The number of carbonyl (C=O) groups excluding carboxylic acids is 1. The Labute approximate surface area is 161 Å². The van der Waals surface area contributed by atoms with Gasteiger partial charge in [-0.3, -0.25) is 4.79 Å². The first kappa shape index (κ1) is 19.7. The molecule has 2 aromatic rings. The molecule has 0 spiro atoms. The number of aromatic nitrogens is 4. The molecule has 150 valence electrons. The van der Waals surface area contributed by atoms with E-state index < -0.39 is 17.8 Å². The van der Waals surface area contributed by atoms with E-state index in [1.54, 1.807) is 6.07 Å². The molecule has 1 fully saturated rings. The van der Waals surface area contributed by atoms with Crippen LogP contribution >= 0.6 is 0 Å². The van der Waals surface area contributed by atoms with Gasteiger partial charge in [-0.2, -0.15) is 0 Å². The van der Waals surface area contributed by atoms with E-state index in [1.165, 1.54) is 16.8 Å². The van der Waals surface area contributed by atoms with Crippen molar-refractivity contribution in [3.63, 3.8) is 0 Å². The number of carboxylic acids is 1. The normalized spacial score (nSPS) is 19.4. The summed E-state index contributed by atoms with van der Waals surface area (Å²) in [5.41, 5.74) is 0.554. The summed E-state index contributed by atoms with van der Waals surface area (Å²) in [5.74, 6) is -1.36. The number of tetrazole rings is 1. The minimum Gasteiger partial charge on any atom is -0.481 e. The van der Waals surface area contributed by atoms with Crippen LogP contribution in [0.25, 0.3) is 11.4 Å². The number of carbonyl (C=O) groups is 2. The summed E-state index contributed by atoms with van der Waals surface area (Å²) in [6.07, 6.45) is 2.29. The summed E-state index contributed by atoms with van der Waals surface area (Å²) in [4.78, 5) is 23.1. The molecule has 0 bridgehead atoms. The second-order valence-electron chi connectivity index (χ2n) is 7.22. The Balaban J connectivity index is 1.61. The molecule has 2 amide bonds. The van der Waals surface area contributed by atoms with E-state index in [9.17, 15) is 14.0 Å². The summed E-state index contributed by atoms with van der Waals surface area (Å²) < 4.78 is 16.1. The number of benzene rings is 1. The van der Waals surface area contributed by atoms with Crippen molar-refractivity contribution in [1.82, 2.24) is 25.5 Å². The van der Waals surface area contributed by atoms with Gasteiger partial charge in [-0.25, -0.2) is 13.9 Å². The molecule has 9 nitrogen and oxygen atoms in total. The third-order valence-corrected chi connectivity index (χ3v) is 4.86. The molecule has 0 aliphatic heterocycles. The lowest BCUT2D eigenvalue weighted by molar-refractivity contribution is -0.142. The Bertz CT molecular complexity index is 861. The van der Waals surface area contributed by atoms with Crippen molar-refractivity contribution >= 4 is 17.7 Å². The van der Waals surface area contributed by atoms with Gasteiger partial charge in [0.2, 0.25) is 0 Å². The fourth-order valence-corrected chi connectivity index (χ4v) is 3.33. The highest BCUT2D eigenvalue weighted by molar-refractivity contribution is 5.89. The molecule has 1 aromatic heterocycles. The molecule has 3 N–H and O–H groups in total. The van der Waals surface area contributed by atoms with Gasteiger partial charge in [0.25, 0.3) is 0 Å². The van der Waals surface area contributed by atoms with Gasteiger partial charge in [0.1, 0.15) is 5.82 Å². The highest BCUT2D eigenvalue weighted by Crippen LogP contribution is 2.26. The molecular weight excluding hydrogens is 367 g/mol. The van der Waals surface area contributed by atoms with E-state index in [2.05, 4.69) is 26.2 Å². The largest absolute Gasteiger partial charge is 0.481 e. The molecule has 0 saturated heterocycles. The minimum atomic E-state index is -0.790. The van der Waals surface area contributed by atoms with Crippen LogP contribution in [0.3, 0.4) is 0 Å².